The number of nitro groups is 1. The summed E-state index contributed by atoms with van der Waals surface area (Å²) in [6, 6.07) is 3.34. The number of hydrogen-bond donors (Lipinski definition) is 0. The number of halogens is 1. The first-order chi connectivity index (χ1) is 7.41. The molecule has 1 rings (SSSR count). The fourth-order valence-corrected chi connectivity index (χ4v) is 1.14. The summed E-state index contributed by atoms with van der Waals surface area (Å²) in [5.74, 6) is -0.910. The predicted molar refractivity (Wildman–Crippen MR) is 54.6 cm³/mol. The highest BCUT2D eigenvalue weighted by Crippen LogP contribution is 2.28. The first kappa shape index (κ1) is 12.1. The van der Waals surface area contributed by atoms with Crippen LogP contribution in [0.3, 0.4) is 0 Å². The van der Waals surface area contributed by atoms with Crippen LogP contribution < -0.4 is 4.74 Å². The molecule has 0 aromatic heterocycles. The molecule has 0 bridgehead atoms. The maximum Gasteiger partial charge on any atom is 0.312 e. The number of ether oxygens (including phenoxy) is 1. The molecule has 1 aromatic rings. The molecule has 0 radical (unpaired) electrons. The lowest BCUT2D eigenvalue weighted by atomic mass is 10.2. The van der Waals surface area contributed by atoms with Gasteiger partial charge in [-0.15, -0.1) is 0 Å². The van der Waals surface area contributed by atoms with Crippen molar-refractivity contribution < 1.29 is 19.2 Å². The van der Waals surface area contributed by atoms with Crippen LogP contribution in [-0.4, -0.2) is 16.1 Å². The second-order valence-electron chi connectivity index (χ2n) is 2.81. The van der Waals surface area contributed by atoms with Crippen LogP contribution in [0.5, 0.6) is 5.75 Å². The molecule has 7 heteroatoms. The lowest BCUT2D eigenvalue weighted by molar-refractivity contribution is -0.385. The quantitative estimate of drug-likeness (QED) is 0.266. The highest BCUT2D eigenvalue weighted by atomic mass is 35.5. The molecule has 0 amide bonds. The number of rotatable bonds is 3. The average Bonchev–Trinajstić information content (AvgIpc) is 2.16. The Bertz CT molecular complexity index is 471. The van der Waals surface area contributed by atoms with E-state index in [4.69, 9.17) is 11.6 Å². The van der Waals surface area contributed by atoms with E-state index in [1.54, 1.807) is 0 Å². The minimum atomic E-state index is -0.822. The summed E-state index contributed by atoms with van der Waals surface area (Å²) in [4.78, 5) is 31.3. The van der Waals surface area contributed by atoms with Gasteiger partial charge in [0.05, 0.1) is 4.92 Å². The van der Waals surface area contributed by atoms with Crippen molar-refractivity contribution in [3.63, 3.8) is 0 Å². The van der Waals surface area contributed by atoms with Gasteiger partial charge in [-0.3, -0.25) is 19.7 Å². The zero-order chi connectivity index (χ0) is 12.3. The summed E-state index contributed by atoms with van der Waals surface area (Å²) in [6.07, 6.45) is 0. The van der Waals surface area contributed by atoms with Crippen molar-refractivity contribution in [2.75, 3.05) is 0 Å². The van der Waals surface area contributed by atoms with Crippen LogP contribution in [-0.2, 0) is 4.79 Å². The Morgan fingerprint density at radius 1 is 1.44 bits per heavy atom. The van der Waals surface area contributed by atoms with Gasteiger partial charge < -0.3 is 4.74 Å². The van der Waals surface area contributed by atoms with Gasteiger partial charge in [-0.1, -0.05) is 0 Å². The van der Waals surface area contributed by atoms with Crippen LogP contribution in [0, 0.1) is 10.1 Å². The van der Waals surface area contributed by atoms with Gasteiger partial charge >= 0.3 is 11.7 Å². The topological polar surface area (TPSA) is 86.5 Å². The summed E-state index contributed by atoms with van der Waals surface area (Å²) in [7, 11) is 0. The van der Waals surface area contributed by atoms with E-state index in [9.17, 15) is 19.7 Å². The lowest BCUT2D eigenvalue weighted by Crippen LogP contribution is -2.04. The third-order valence-electron chi connectivity index (χ3n) is 1.64. The van der Waals surface area contributed by atoms with E-state index >= 15 is 0 Å². The van der Waals surface area contributed by atoms with Gasteiger partial charge in [-0.25, -0.2) is 0 Å². The van der Waals surface area contributed by atoms with Crippen molar-refractivity contribution in [1.29, 1.82) is 0 Å². The second kappa shape index (κ2) is 4.71. The summed E-state index contributed by atoms with van der Waals surface area (Å²) >= 11 is 5.17. The maximum absolute atomic E-state index is 10.8. The SMILES string of the molecule is CC(=O)Oc1ccc(C(=O)Cl)cc1[N+](=O)[O-]. The van der Waals surface area contributed by atoms with Crippen molar-refractivity contribution >= 4 is 28.5 Å². The van der Waals surface area contributed by atoms with E-state index in [1.165, 1.54) is 6.07 Å². The Kier molecular flexibility index (Phi) is 3.57. The van der Waals surface area contributed by atoms with E-state index in [0.29, 0.717) is 0 Å². The molecule has 0 N–H and O–H groups in total. The molecule has 0 saturated carbocycles. The Morgan fingerprint density at radius 2 is 2.06 bits per heavy atom. The maximum atomic E-state index is 10.8. The van der Waals surface area contributed by atoms with Crippen LogP contribution in [0.25, 0.3) is 0 Å². The molecule has 0 fully saturated rings. The second-order valence-corrected chi connectivity index (χ2v) is 3.15. The number of carbonyl (C=O) groups excluding carboxylic acids is 2. The molecule has 0 saturated heterocycles. The van der Waals surface area contributed by atoms with Crippen molar-refractivity contribution in [2.24, 2.45) is 0 Å². The van der Waals surface area contributed by atoms with Crippen molar-refractivity contribution in [3.8, 4) is 5.75 Å². The van der Waals surface area contributed by atoms with Gasteiger partial charge in [0.25, 0.3) is 5.24 Å². The summed E-state index contributed by atoms with van der Waals surface area (Å²) in [5, 5.41) is 9.82. The molecule has 1 aromatic carbocycles. The average molecular weight is 244 g/mol. The van der Waals surface area contributed by atoms with Crippen LogP contribution in [0.2, 0.25) is 0 Å². The van der Waals surface area contributed by atoms with Gasteiger partial charge in [0.15, 0.2) is 0 Å². The van der Waals surface area contributed by atoms with Crippen molar-refractivity contribution in [2.45, 2.75) is 6.92 Å². The molecule has 16 heavy (non-hydrogen) atoms. The van der Waals surface area contributed by atoms with E-state index in [2.05, 4.69) is 4.74 Å². The molecule has 0 spiro atoms. The normalized spacial score (nSPS) is 9.62. The van der Waals surface area contributed by atoms with Crippen LogP contribution >= 0.6 is 11.6 Å². The molecule has 0 atom stereocenters. The molecule has 0 aliphatic rings. The van der Waals surface area contributed by atoms with E-state index < -0.39 is 21.8 Å². The zero-order valence-corrected chi connectivity index (χ0v) is 8.85. The largest absolute Gasteiger partial charge is 0.419 e. The summed E-state index contributed by atoms with van der Waals surface area (Å²) < 4.78 is 4.61. The number of benzene rings is 1. The number of nitrogens with zero attached hydrogens (tertiary/aromatic N) is 1. The summed E-state index contributed by atoms with van der Waals surface area (Å²) in [5.41, 5.74) is -0.522. The van der Waals surface area contributed by atoms with Gasteiger partial charge in [-0.2, -0.15) is 0 Å². The monoisotopic (exact) mass is 243 g/mol. The number of esters is 1. The molecule has 0 aliphatic heterocycles. The number of carbonyl (C=O) groups is 2. The van der Waals surface area contributed by atoms with E-state index in [0.717, 1.165) is 19.1 Å². The minimum absolute atomic E-state index is 0.0377. The van der Waals surface area contributed by atoms with E-state index in [1.807, 2.05) is 0 Å². The van der Waals surface area contributed by atoms with Crippen LogP contribution in [0.15, 0.2) is 18.2 Å². The lowest BCUT2D eigenvalue weighted by Gasteiger charge is -2.02. The summed E-state index contributed by atoms with van der Waals surface area (Å²) in [6.45, 7) is 1.12. The highest BCUT2D eigenvalue weighted by Gasteiger charge is 2.19. The minimum Gasteiger partial charge on any atom is -0.419 e. The molecule has 0 unspecified atom stereocenters. The highest BCUT2D eigenvalue weighted by molar-refractivity contribution is 6.67. The Labute approximate surface area is 94.9 Å². The number of hydrogen-bond acceptors (Lipinski definition) is 5. The third kappa shape index (κ3) is 2.77. The molecule has 84 valence electrons. The van der Waals surface area contributed by atoms with E-state index in [-0.39, 0.29) is 11.3 Å². The predicted octanol–water partition coefficient (Wildman–Crippen LogP) is 1.90. The zero-order valence-electron chi connectivity index (χ0n) is 8.10. The smallest absolute Gasteiger partial charge is 0.312 e. The third-order valence-corrected chi connectivity index (χ3v) is 1.85. The Morgan fingerprint density at radius 3 is 2.50 bits per heavy atom. The molecule has 0 heterocycles. The number of nitro benzene ring substituents is 1. The van der Waals surface area contributed by atoms with Gasteiger partial charge in [0.1, 0.15) is 0 Å². The molecular weight excluding hydrogens is 238 g/mol. The van der Waals surface area contributed by atoms with Crippen LogP contribution in [0.1, 0.15) is 17.3 Å². The van der Waals surface area contributed by atoms with Gasteiger partial charge in [-0.05, 0) is 23.7 Å². The van der Waals surface area contributed by atoms with Crippen LogP contribution in [0.4, 0.5) is 5.69 Å². The van der Waals surface area contributed by atoms with Gasteiger partial charge in [0.2, 0.25) is 5.75 Å². The molecule has 0 aliphatic carbocycles. The first-order valence-corrected chi connectivity index (χ1v) is 4.46. The van der Waals surface area contributed by atoms with Gasteiger partial charge in [0, 0.05) is 18.6 Å². The fourth-order valence-electron chi connectivity index (χ4n) is 1.02. The Hall–Kier alpha value is -1.95. The molecular formula is C9H6ClNO5. The van der Waals surface area contributed by atoms with Crippen molar-refractivity contribution in [1.82, 2.24) is 0 Å². The Balaban J connectivity index is 3.24. The first-order valence-electron chi connectivity index (χ1n) is 4.08. The standard InChI is InChI=1S/C9H6ClNO5/c1-5(12)16-8-3-2-6(9(10)13)4-7(8)11(14)15/h2-4H,1H3. The molecule has 6 nitrogen and oxygen atoms in total. The fraction of sp³-hybridized carbons (Fsp3) is 0.111. The van der Waals surface area contributed by atoms with Crippen molar-refractivity contribution in [3.05, 3.63) is 33.9 Å².